The van der Waals surface area contributed by atoms with Crippen LogP contribution in [0.2, 0.25) is 0 Å². The molecule has 0 radical (unpaired) electrons. The average molecular weight is 794 g/mol. The summed E-state index contributed by atoms with van der Waals surface area (Å²) in [6.07, 6.45) is -5.29. The van der Waals surface area contributed by atoms with Crippen molar-refractivity contribution in [3.05, 3.63) is 58.7 Å². The number of fused-ring (bicyclic) bond motifs is 4. The van der Waals surface area contributed by atoms with Crippen molar-refractivity contribution in [2.45, 2.75) is 136 Å². The van der Waals surface area contributed by atoms with E-state index < -0.39 is 107 Å². The van der Waals surface area contributed by atoms with Crippen molar-refractivity contribution in [1.29, 1.82) is 0 Å². The molecule has 6 rings (SSSR count). The number of nitrogens with one attached hydrogen (secondary N) is 1. The Bertz CT molecular complexity index is 1900. The van der Waals surface area contributed by atoms with Gasteiger partial charge in [-0.2, -0.15) is 0 Å². The molecule has 11 atom stereocenters. The van der Waals surface area contributed by atoms with Crippen LogP contribution in [0.3, 0.4) is 0 Å². The van der Waals surface area contributed by atoms with Crippen LogP contribution in [0.5, 0.6) is 0 Å². The van der Waals surface area contributed by atoms with Crippen LogP contribution in [-0.4, -0.2) is 100 Å². The highest BCUT2D eigenvalue weighted by atomic mass is 16.6. The minimum absolute atomic E-state index is 0.0513. The predicted molar refractivity (Wildman–Crippen MR) is 202 cm³/mol. The highest BCUT2D eigenvalue weighted by Crippen LogP contribution is 2.74. The van der Waals surface area contributed by atoms with Gasteiger partial charge >= 0.3 is 23.9 Å². The lowest BCUT2D eigenvalue weighted by atomic mass is 9.48. The molecule has 4 fully saturated rings. The molecule has 1 aliphatic heterocycles. The van der Waals surface area contributed by atoms with E-state index >= 15 is 4.79 Å². The van der Waals surface area contributed by atoms with Gasteiger partial charge in [0.05, 0.1) is 24.1 Å². The standard InChI is InChI=1S/C43H55NO13/c1-21(2)15-28(44-31(47)16-22(3)4)33(48)39(51)55-29-19-43(52)37(56-38(50)26-13-11-10-12-14-26)35-41(18-27(41)17-30-42(35,20-53-30)57-25(7)46)36(49)34(54-24(6)45)32(23(29)5)40(43,8)9/h10-14,16,21,27-30,33-35,37,48,52H,15,17-20H2,1-9H3,(H,44,47)/t27-,28+,29+,30-,33-,34-,35+,37+,41-,42+,43-/m1/s1. The molecule has 1 aromatic rings. The zero-order valence-corrected chi connectivity index (χ0v) is 34.1. The molecule has 57 heavy (non-hydrogen) atoms. The van der Waals surface area contributed by atoms with Crippen LogP contribution in [0.4, 0.5) is 0 Å². The number of carbonyl (C=O) groups is 6. The third-order valence-electron chi connectivity index (χ3n) is 12.9. The first-order valence-electron chi connectivity index (χ1n) is 19.7. The minimum Gasteiger partial charge on any atom is -0.456 e. The van der Waals surface area contributed by atoms with Crippen molar-refractivity contribution in [3.63, 3.8) is 0 Å². The topological polar surface area (TPSA) is 201 Å². The molecule has 3 saturated carbocycles. The van der Waals surface area contributed by atoms with E-state index in [-0.39, 0.29) is 42.4 Å². The van der Waals surface area contributed by atoms with Crippen LogP contribution in [0.15, 0.2) is 53.1 Å². The van der Waals surface area contributed by atoms with E-state index in [9.17, 15) is 34.2 Å². The van der Waals surface area contributed by atoms with E-state index in [1.165, 1.54) is 13.0 Å². The molecule has 1 aromatic carbocycles. The largest absolute Gasteiger partial charge is 0.456 e. The minimum atomic E-state index is -2.20. The summed E-state index contributed by atoms with van der Waals surface area (Å²) < 4.78 is 30.5. The summed E-state index contributed by atoms with van der Waals surface area (Å²) in [5.41, 5.74) is -5.31. The Morgan fingerprint density at radius 1 is 0.982 bits per heavy atom. The van der Waals surface area contributed by atoms with Crippen LogP contribution in [-0.2, 0) is 47.7 Å². The average Bonchev–Trinajstić information content (AvgIpc) is 3.84. The number of carbonyl (C=O) groups excluding carboxylic acids is 6. The lowest BCUT2D eigenvalue weighted by Gasteiger charge is -2.64. The lowest BCUT2D eigenvalue weighted by molar-refractivity contribution is -0.323. The summed E-state index contributed by atoms with van der Waals surface area (Å²) >= 11 is 0. The number of allylic oxidation sites excluding steroid dienone is 1. The van der Waals surface area contributed by atoms with Crippen LogP contribution in [0.1, 0.15) is 98.4 Å². The van der Waals surface area contributed by atoms with Gasteiger partial charge in [-0.15, -0.1) is 0 Å². The van der Waals surface area contributed by atoms with Crippen molar-refractivity contribution < 1.29 is 62.7 Å². The second-order valence-corrected chi connectivity index (χ2v) is 17.7. The maximum absolute atomic E-state index is 15.4. The number of rotatable bonds is 11. The summed E-state index contributed by atoms with van der Waals surface area (Å²) in [5.74, 6) is -5.99. The molecule has 3 N–H and O–H groups in total. The van der Waals surface area contributed by atoms with Crippen molar-refractivity contribution in [2.75, 3.05) is 6.61 Å². The Kier molecular flexibility index (Phi) is 11.2. The second kappa shape index (κ2) is 15.1. The summed E-state index contributed by atoms with van der Waals surface area (Å²) in [4.78, 5) is 82.1. The fourth-order valence-corrected chi connectivity index (χ4v) is 10.3. The highest BCUT2D eigenvalue weighted by molar-refractivity contribution is 5.98. The number of ether oxygens (including phenoxy) is 5. The van der Waals surface area contributed by atoms with Gasteiger partial charge in [0.1, 0.15) is 23.9 Å². The molecule has 0 unspecified atom stereocenters. The Morgan fingerprint density at radius 3 is 2.21 bits per heavy atom. The fourth-order valence-electron chi connectivity index (χ4n) is 10.3. The first-order chi connectivity index (χ1) is 26.6. The van der Waals surface area contributed by atoms with Gasteiger partial charge in [0.2, 0.25) is 5.91 Å². The molecule has 14 nitrogen and oxygen atoms in total. The monoisotopic (exact) mass is 793 g/mol. The maximum Gasteiger partial charge on any atom is 0.338 e. The van der Waals surface area contributed by atoms with E-state index in [1.807, 2.05) is 13.8 Å². The molecule has 1 spiro atoms. The number of Topliss-reactive ketones (excluding diaryl/α,β-unsaturated/α-hetero) is 1. The smallest absolute Gasteiger partial charge is 0.338 e. The van der Waals surface area contributed by atoms with Gasteiger partial charge < -0.3 is 39.2 Å². The van der Waals surface area contributed by atoms with Crippen molar-refractivity contribution in [2.24, 2.45) is 28.6 Å². The van der Waals surface area contributed by atoms with Crippen LogP contribution in [0.25, 0.3) is 0 Å². The summed E-state index contributed by atoms with van der Waals surface area (Å²) in [7, 11) is 0. The number of aliphatic hydroxyl groups excluding tert-OH is 1. The van der Waals surface area contributed by atoms with Crippen LogP contribution < -0.4 is 5.32 Å². The quantitative estimate of drug-likeness (QED) is 0.127. The summed E-state index contributed by atoms with van der Waals surface area (Å²) in [6, 6.07) is 7.06. The number of aliphatic hydroxyl groups is 2. The zero-order chi connectivity index (χ0) is 42.0. The van der Waals surface area contributed by atoms with Gasteiger partial charge in [0.25, 0.3) is 0 Å². The van der Waals surface area contributed by atoms with E-state index in [4.69, 9.17) is 23.7 Å². The van der Waals surface area contributed by atoms with Gasteiger partial charge in [0.15, 0.2) is 23.6 Å². The fraction of sp³-hybridized carbons (Fsp3) is 0.628. The van der Waals surface area contributed by atoms with E-state index in [2.05, 4.69) is 5.32 Å². The molecular weight excluding hydrogens is 738 g/mol. The third-order valence-corrected chi connectivity index (χ3v) is 12.9. The number of ketones is 1. The number of benzene rings is 1. The predicted octanol–water partition coefficient (Wildman–Crippen LogP) is 3.70. The molecule has 14 heteroatoms. The molecule has 0 aromatic heterocycles. The Hall–Kier alpha value is -4.40. The van der Waals surface area contributed by atoms with Crippen molar-refractivity contribution in [3.8, 4) is 0 Å². The van der Waals surface area contributed by atoms with Crippen molar-refractivity contribution >= 4 is 35.6 Å². The molecular formula is C43H55NO13. The van der Waals surface area contributed by atoms with Crippen LogP contribution in [0, 0.1) is 28.6 Å². The van der Waals surface area contributed by atoms with Gasteiger partial charge in [-0.3, -0.25) is 19.2 Å². The number of amides is 1. The highest BCUT2D eigenvalue weighted by Gasteiger charge is 2.84. The molecule has 1 saturated heterocycles. The van der Waals surface area contributed by atoms with E-state index in [1.54, 1.807) is 65.0 Å². The third kappa shape index (κ3) is 7.11. The molecule has 2 bridgehead atoms. The first-order valence-corrected chi connectivity index (χ1v) is 19.7. The zero-order valence-electron chi connectivity index (χ0n) is 34.1. The SMILES string of the molecule is CC(=O)O[C@H]1C(=O)[C@]23C[C@H]2C[C@H]2OC[C@@]2(OC(C)=O)[C@H]3[C@H](OC(=O)c2ccccc2)[C@]2(O)C[C@H](OC(=O)[C@H](O)[C@H](CC(C)C)NC(=O)C=C(C)C)C(C)=C1C2(C)C. The number of esters is 4. The molecule has 1 amide bonds. The molecule has 310 valence electrons. The Balaban J connectivity index is 1.52. The van der Waals surface area contributed by atoms with Gasteiger partial charge in [0, 0.05) is 37.2 Å². The number of hydrogen-bond acceptors (Lipinski definition) is 13. The first kappa shape index (κ1) is 42.2. The van der Waals surface area contributed by atoms with E-state index in [0.717, 1.165) is 6.92 Å². The van der Waals surface area contributed by atoms with Gasteiger partial charge in [-0.05, 0) is 75.1 Å². The van der Waals surface area contributed by atoms with Gasteiger partial charge in [-0.25, -0.2) is 9.59 Å². The summed E-state index contributed by atoms with van der Waals surface area (Å²) in [6.45, 7) is 14.3. The Labute approximate surface area is 332 Å². The summed E-state index contributed by atoms with van der Waals surface area (Å²) in [5, 5.41) is 27.7. The molecule has 4 aliphatic carbocycles. The molecule has 1 heterocycles. The number of hydrogen-bond donors (Lipinski definition) is 3. The van der Waals surface area contributed by atoms with Crippen LogP contribution >= 0.6 is 0 Å². The van der Waals surface area contributed by atoms with E-state index in [0.29, 0.717) is 17.6 Å². The maximum atomic E-state index is 15.4. The Morgan fingerprint density at radius 2 is 1.65 bits per heavy atom. The second-order valence-electron chi connectivity index (χ2n) is 17.7. The lowest BCUT2D eigenvalue weighted by Crippen LogP contribution is -2.78. The van der Waals surface area contributed by atoms with Gasteiger partial charge in [-0.1, -0.05) is 51.5 Å². The molecule has 5 aliphatic rings. The normalized spacial score (nSPS) is 34.3. The van der Waals surface area contributed by atoms with Crippen molar-refractivity contribution in [1.82, 2.24) is 5.32 Å².